The summed E-state index contributed by atoms with van der Waals surface area (Å²) >= 11 is 0. The van der Waals surface area contributed by atoms with Crippen molar-refractivity contribution < 1.29 is 15.0 Å². The second-order valence-corrected chi connectivity index (χ2v) is 13.0. The van der Waals surface area contributed by atoms with E-state index in [1.807, 2.05) is 6.92 Å². The summed E-state index contributed by atoms with van der Waals surface area (Å²) in [6.07, 6.45) is 14.2. The maximum atomic E-state index is 12.6. The van der Waals surface area contributed by atoms with Gasteiger partial charge in [-0.3, -0.25) is 4.79 Å². The molecular formula is C29H40O3. The summed E-state index contributed by atoms with van der Waals surface area (Å²) in [5, 5.41) is 20.5. The van der Waals surface area contributed by atoms with Gasteiger partial charge in [-0.15, -0.1) is 0 Å². The Kier molecular flexibility index (Phi) is 4.51. The highest BCUT2D eigenvalue weighted by Crippen LogP contribution is 2.75. The van der Waals surface area contributed by atoms with Gasteiger partial charge in [0.05, 0.1) is 0 Å². The number of rotatable bonds is 1. The largest absolute Gasteiger partial charge is 0.504 e. The highest BCUT2D eigenvalue weighted by Gasteiger charge is 2.66. The Morgan fingerprint density at radius 1 is 0.969 bits per heavy atom. The van der Waals surface area contributed by atoms with Crippen molar-refractivity contribution >= 4 is 5.78 Å². The highest BCUT2D eigenvalue weighted by molar-refractivity contribution is 6.06. The van der Waals surface area contributed by atoms with Crippen molar-refractivity contribution in [3.8, 4) is 0 Å². The normalized spacial score (nSPS) is 48.0. The molecule has 3 heteroatoms. The summed E-state index contributed by atoms with van der Waals surface area (Å²) in [7, 11) is 0. The van der Waals surface area contributed by atoms with Crippen molar-refractivity contribution in [1.82, 2.24) is 0 Å². The Bertz CT molecular complexity index is 1030. The van der Waals surface area contributed by atoms with Crippen molar-refractivity contribution in [2.75, 3.05) is 6.61 Å². The van der Waals surface area contributed by atoms with E-state index < -0.39 is 0 Å². The number of fused-ring (bicyclic) bond motifs is 7. The number of allylic oxidation sites excluding steroid dienone is 7. The highest BCUT2D eigenvalue weighted by atomic mass is 16.3. The van der Waals surface area contributed by atoms with E-state index in [0.29, 0.717) is 16.9 Å². The zero-order valence-electron chi connectivity index (χ0n) is 20.8. The van der Waals surface area contributed by atoms with Gasteiger partial charge >= 0.3 is 0 Å². The monoisotopic (exact) mass is 436 g/mol. The summed E-state index contributed by atoms with van der Waals surface area (Å²) in [5.74, 6) is 0.229. The van der Waals surface area contributed by atoms with Crippen LogP contribution in [0.25, 0.3) is 0 Å². The van der Waals surface area contributed by atoms with Gasteiger partial charge in [-0.05, 0) is 96.7 Å². The molecule has 5 aliphatic carbocycles. The lowest BCUT2D eigenvalue weighted by molar-refractivity contribution is -0.165. The van der Waals surface area contributed by atoms with Gasteiger partial charge in [0.25, 0.3) is 0 Å². The van der Waals surface area contributed by atoms with Gasteiger partial charge < -0.3 is 10.2 Å². The maximum absolute atomic E-state index is 12.6. The van der Waals surface area contributed by atoms with E-state index in [2.05, 4.69) is 46.8 Å². The van der Waals surface area contributed by atoms with Crippen LogP contribution in [-0.2, 0) is 4.79 Å². The number of ketones is 1. The Morgan fingerprint density at radius 2 is 1.66 bits per heavy atom. The SMILES string of the molecule is CC1=C(O)C(=O)C=C2C1=CC=C1[C@@]2(C)CC[C@@]2(C)[C@@H]3C[C@](C)(CO)CC[C@@]3(C)CC[C@]12C. The summed E-state index contributed by atoms with van der Waals surface area (Å²) in [6.45, 7) is 14.3. The number of aliphatic hydroxyl groups is 2. The van der Waals surface area contributed by atoms with Crippen LogP contribution in [0.1, 0.15) is 86.5 Å². The predicted molar refractivity (Wildman–Crippen MR) is 128 cm³/mol. The molecule has 2 N–H and O–H groups in total. The minimum absolute atomic E-state index is 0.0257. The fourth-order valence-corrected chi connectivity index (χ4v) is 8.67. The fraction of sp³-hybridized carbons (Fsp3) is 0.690. The van der Waals surface area contributed by atoms with Crippen LogP contribution in [0.3, 0.4) is 0 Å². The molecule has 3 saturated carbocycles. The van der Waals surface area contributed by atoms with Gasteiger partial charge in [-0.2, -0.15) is 0 Å². The van der Waals surface area contributed by atoms with Gasteiger partial charge in [0, 0.05) is 17.6 Å². The van der Waals surface area contributed by atoms with Crippen molar-refractivity contribution in [2.24, 2.45) is 33.0 Å². The molecule has 0 unspecified atom stereocenters. The second-order valence-electron chi connectivity index (χ2n) is 13.0. The molecule has 5 aliphatic rings. The van der Waals surface area contributed by atoms with Crippen molar-refractivity contribution in [1.29, 1.82) is 0 Å². The van der Waals surface area contributed by atoms with Crippen LogP contribution >= 0.6 is 0 Å². The zero-order valence-corrected chi connectivity index (χ0v) is 20.8. The van der Waals surface area contributed by atoms with Crippen molar-refractivity contribution in [3.05, 3.63) is 46.3 Å². The molecule has 0 spiro atoms. The van der Waals surface area contributed by atoms with Crippen LogP contribution in [0, 0.1) is 33.0 Å². The maximum Gasteiger partial charge on any atom is 0.220 e. The molecule has 0 aromatic carbocycles. The molecule has 0 bridgehead atoms. The lowest BCUT2D eigenvalue weighted by atomic mass is 9.34. The molecule has 0 aromatic heterocycles. The molecule has 0 amide bonds. The first-order valence-corrected chi connectivity index (χ1v) is 12.5. The lowest BCUT2D eigenvalue weighted by Gasteiger charge is -2.70. The fourth-order valence-electron chi connectivity index (χ4n) is 8.67. The van der Waals surface area contributed by atoms with Crippen LogP contribution in [0.2, 0.25) is 0 Å². The van der Waals surface area contributed by atoms with Crippen molar-refractivity contribution in [3.63, 3.8) is 0 Å². The first kappa shape index (κ1) is 22.2. The molecule has 3 fully saturated rings. The minimum atomic E-state index is -0.252. The first-order chi connectivity index (χ1) is 14.8. The van der Waals surface area contributed by atoms with Crippen LogP contribution in [0.4, 0.5) is 0 Å². The number of aliphatic hydroxyl groups excluding tert-OH is 2. The quantitative estimate of drug-likeness (QED) is 0.486. The number of carbonyl (C=O) groups is 1. The van der Waals surface area contributed by atoms with E-state index in [4.69, 9.17) is 0 Å². The second kappa shape index (κ2) is 6.50. The van der Waals surface area contributed by atoms with E-state index in [-0.39, 0.29) is 39.8 Å². The van der Waals surface area contributed by atoms with Gasteiger partial charge in [0.15, 0.2) is 5.76 Å². The molecule has 0 saturated heterocycles. The van der Waals surface area contributed by atoms with E-state index in [9.17, 15) is 15.0 Å². The van der Waals surface area contributed by atoms with Gasteiger partial charge in [-0.25, -0.2) is 0 Å². The van der Waals surface area contributed by atoms with Crippen LogP contribution in [0.15, 0.2) is 46.3 Å². The van der Waals surface area contributed by atoms with Crippen LogP contribution in [0.5, 0.6) is 0 Å². The van der Waals surface area contributed by atoms with Crippen LogP contribution in [-0.4, -0.2) is 22.6 Å². The molecule has 174 valence electrons. The number of hydrogen-bond acceptors (Lipinski definition) is 3. The molecule has 6 atom stereocenters. The number of hydrogen-bond donors (Lipinski definition) is 2. The summed E-state index contributed by atoms with van der Waals surface area (Å²) in [5.41, 5.74) is 4.76. The molecule has 0 heterocycles. The Hall–Kier alpha value is -1.61. The first-order valence-electron chi connectivity index (χ1n) is 12.5. The lowest BCUT2D eigenvalue weighted by Crippen LogP contribution is -2.61. The molecule has 0 aliphatic heterocycles. The van der Waals surface area contributed by atoms with Gasteiger partial charge in [0.2, 0.25) is 5.78 Å². The Labute approximate surface area is 193 Å². The van der Waals surface area contributed by atoms with Crippen molar-refractivity contribution in [2.45, 2.75) is 86.5 Å². The van der Waals surface area contributed by atoms with Gasteiger partial charge in [0.1, 0.15) is 0 Å². The standard InChI is InChI=1S/C29H40O3/c1-18-19-7-8-22-27(4,20(19)15-21(31)24(18)32)12-14-29(6)23-16-25(2,17-30)9-10-26(23,3)11-13-28(22,29)5/h7-8,15,23,30,32H,9-14,16-17H2,1-6H3/t23-,25-,26+,27+,28-,29+/m1/s1. The average Bonchev–Trinajstić information content (AvgIpc) is 2.76. The molecule has 3 nitrogen and oxygen atoms in total. The average molecular weight is 437 g/mol. The minimum Gasteiger partial charge on any atom is -0.504 e. The Morgan fingerprint density at radius 3 is 2.34 bits per heavy atom. The summed E-state index contributed by atoms with van der Waals surface area (Å²) < 4.78 is 0. The predicted octanol–water partition coefficient (Wildman–Crippen LogP) is 6.61. The smallest absolute Gasteiger partial charge is 0.220 e. The van der Waals surface area contributed by atoms with E-state index in [1.165, 1.54) is 24.8 Å². The topological polar surface area (TPSA) is 57.5 Å². The molecule has 5 rings (SSSR count). The number of carbonyl (C=O) groups excluding carboxylic acids is 1. The third-order valence-electron chi connectivity index (χ3n) is 11.3. The van der Waals surface area contributed by atoms with E-state index in [1.54, 1.807) is 6.08 Å². The van der Waals surface area contributed by atoms with Crippen LogP contribution < -0.4 is 0 Å². The zero-order chi connectivity index (χ0) is 23.3. The molecular weight excluding hydrogens is 396 g/mol. The Balaban J connectivity index is 1.64. The van der Waals surface area contributed by atoms with E-state index >= 15 is 0 Å². The molecule has 0 aromatic rings. The third kappa shape index (κ3) is 2.55. The summed E-state index contributed by atoms with van der Waals surface area (Å²) in [6, 6.07) is 0. The third-order valence-corrected chi connectivity index (χ3v) is 11.3. The van der Waals surface area contributed by atoms with E-state index in [0.717, 1.165) is 36.8 Å². The van der Waals surface area contributed by atoms with Gasteiger partial charge in [-0.1, -0.05) is 52.3 Å². The summed E-state index contributed by atoms with van der Waals surface area (Å²) in [4.78, 5) is 12.6. The molecule has 32 heavy (non-hydrogen) atoms. The molecule has 0 radical (unpaired) electrons.